The number of ether oxygens (including phenoxy) is 2. The molecule has 1 unspecified atom stereocenters. The molecule has 1 aliphatic rings. The van der Waals surface area contributed by atoms with Crippen LogP contribution in [0.4, 0.5) is 35.4 Å². The largest absolute Gasteiger partial charge is 0.490 e. The number of hydrogen-bond acceptors (Lipinski definition) is 7. The highest BCUT2D eigenvalue weighted by Gasteiger charge is 2.26. The van der Waals surface area contributed by atoms with Crippen molar-refractivity contribution < 1.29 is 27.4 Å². The molecule has 3 aromatic carbocycles. The van der Waals surface area contributed by atoms with Crippen LogP contribution in [0.25, 0.3) is 0 Å². The number of anilines is 3. The van der Waals surface area contributed by atoms with Gasteiger partial charge in [0.2, 0.25) is 5.95 Å². The second-order valence-electron chi connectivity index (χ2n) is 11.6. The Morgan fingerprint density at radius 1 is 1.04 bits per heavy atom. The highest BCUT2D eigenvalue weighted by atomic mass is 35.5. The molecule has 0 bridgehead atoms. The van der Waals surface area contributed by atoms with E-state index in [4.69, 9.17) is 21.1 Å². The summed E-state index contributed by atoms with van der Waals surface area (Å²) in [7, 11) is 2.06. The molecule has 8 nitrogen and oxygen atoms in total. The summed E-state index contributed by atoms with van der Waals surface area (Å²) in [4.78, 5) is 25.5. The van der Waals surface area contributed by atoms with E-state index < -0.39 is 35.1 Å². The first-order chi connectivity index (χ1) is 22.0. The molecule has 5 rings (SSSR count). The fourth-order valence-corrected chi connectivity index (χ4v) is 5.80. The minimum atomic E-state index is -0.906. The van der Waals surface area contributed by atoms with Crippen molar-refractivity contribution in [2.75, 3.05) is 37.0 Å². The van der Waals surface area contributed by atoms with E-state index in [0.717, 1.165) is 48.5 Å². The quantitative estimate of drug-likeness (QED) is 0.183. The Kier molecular flexibility index (Phi) is 10.3. The number of halogens is 4. The minimum Gasteiger partial charge on any atom is -0.490 e. The number of piperidine rings is 1. The second kappa shape index (κ2) is 14.4. The summed E-state index contributed by atoms with van der Waals surface area (Å²) in [6.45, 7) is 7.39. The molecule has 12 heteroatoms. The lowest BCUT2D eigenvalue weighted by Gasteiger charge is -2.29. The van der Waals surface area contributed by atoms with Gasteiger partial charge in [0, 0.05) is 36.0 Å². The van der Waals surface area contributed by atoms with Gasteiger partial charge in [0.1, 0.15) is 23.2 Å². The molecule has 0 saturated carbocycles. The lowest BCUT2D eigenvalue weighted by molar-refractivity contribution is 0.147. The molecule has 1 saturated heterocycles. The van der Waals surface area contributed by atoms with Gasteiger partial charge >= 0.3 is 6.09 Å². The van der Waals surface area contributed by atoms with Gasteiger partial charge in [-0.2, -0.15) is 4.98 Å². The number of nitrogens with zero attached hydrogens (tertiary/aromatic N) is 4. The van der Waals surface area contributed by atoms with Crippen LogP contribution in [0, 0.1) is 44.1 Å². The summed E-state index contributed by atoms with van der Waals surface area (Å²) >= 11 is 6.12. The predicted octanol–water partition coefficient (Wildman–Crippen LogP) is 8.14. The number of likely N-dealkylation sites (tertiary alicyclic amines) is 1. The van der Waals surface area contributed by atoms with Gasteiger partial charge in [-0.25, -0.2) is 22.9 Å². The Morgan fingerprint density at radius 2 is 1.78 bits per heavy atom. The van der Waals surface area contributed by atoms with Gasteiger partial charge in [-0.15, -0.1) is 0 Å². The monoisotopic (exact) mass is 653 g/mol. The van der Waals surface area contributed by atoms with Crippen LogP contribution < -0.4 is 19.7 Å². The van der Waals surface area contributed by atoms with Crippen molar-refractivity contribution in [1.29, 1.82) is 0 Å². The third-order valence-corrected chi connectivity index (χ3v) is 8.18. The van der Waals surface area contributed by atoms with E-state index in [0.29, 0.717) is 35.1 Å². The Balaban J connectivity index is 1.38. The average molecular weight is 654 g/mol. The number of benzene rings is 3. The van der Waals surface area contributed by atoms with Crippen LogP contribution in [0.1, 0.15) is 35.1 Å². The van der Waals surface area contributed by atoms with E-state index in [1.54, 1.807) is 19.9 Å². The number of amides is 1. The first kappa shape index (κ1) is 33.0. The zero-order valence-corrected chi connectivity index (χ0v) is 26.8. The van der Waals surface area contributed by atoms with Crippen molar-refractivity contribution in [3.05, 3.63) is 99.5 Å². The summed E-state index contributed by atoms with van der Waals surface area (Å²) in [6, 6.07) is 11.4. The van der Waals surface area contributed by atoms with E-state index in [-0.39, 0.29) is 23.1 Å². The zero-order valence-electron chi connectivity index (χ0n) is 26.0. The number of aryl methyl sites for hydroxylation is 3. The van der Waals surface area contributed by atoms with Crippen molar-refractivity contribution in [3.63, 3.8) is 0 Å². The maximum absolute atomic E-state index is 15.0. The molecule has 1 aliphatic heterocycles. The maximum atomic E-state index is 15.0. The van der Waals surface area contributed by atoms with Crippen LogP contribution in [0.3, 0.4) is 0 Å². The van der Waals surface area contributed by atoms with E-state index in [1.165, 1.54) is 24.4 Å². The third-order valence-electron chi connectivity index (χ3n) is 7.77. The zero-order chi connectivity index (χ0) is 33.0. The van der Waals surface area contributed by atoms with Gasteiger partial charge in [0.15, 0.2) is 11.6 Å². The molecule has 1 atom stereocenters. The standard InChI is InChI=1S/C34H35ClF3N5O3/c1-20-14-21(2)32(22(3)15-20)46-34(44)43(18-25-26(36)8-9-27(37)31(25)35)30-11-12-39-33(41-30)40-24-7-10-29(28(38)16-24)45-19-23-6-5-13-42(4)17-23/h7-12,14-16,23H,5-6,13,17-19H2,1-4H3,(H,39,40,41). The van der Waals surface area contributed by atoms with E-state index in [9.17, 15) is 18.0 Å². The van der Waals surface area contributed by atoms with Gasteiger partial charge in [-0.05, 0) is 88.7 Å². The lowest BCUT2D eigenvalue weighted by Crippen LogP contribution is -2.34. The molecular formula is C34H35ClF3N5O3. The fourth-order valence-electron chi connectivity index (χ4n) is 5.58. The van der Waals surface area contributed by atoms with E-state index >= 15 is 0 Å². The van der Waals surface area contributed by atoms with Crippen molar-refractivity contribution in [2.45, 2.75) is 40.2 Å². The van der Waals surface area contributed by atoms with Crippen LogP contribution >= 0.6 is 11.6 Å². The van der Waals surface area contributed by atoms with Crippen molar-refractivity contribution >= 4 is 35.1 Å². The number of carbonyl (C=O) groups excluding carboxylic acids is 1. The van der Waals surface area contributed by atoms with Gasteiger partial charge in [0.05, 0.1) is 18.2 Å². The smallest absolute Gasteiger partial charge is 0.421 e. The minimum absolute atomic E-state index is 0.00233. The molecule has 4 aromatic rings. The van der Waals surface area contributed by atoms with Crippen molar-refractivity contribution in [3.8, 4) is 11.5 Å². The number of nitrogens with one attached hydrogen (secondary N) is 1. The van der Waals surface area contributed by atoms with Gasteiger partial charge in [-0.3, -0.25) is 4.90 Å². The molecule has 0 radical (unpaired) electrons. The van der Waals surface area contributed by atoms with Crippen LogP contribution in [-0.2, 0) is 6.54 Å². The Morgan fingerprint density at radius 3 is 2.50 bits per heavy atom. The molecule has 2 heterocycles. The molecule has 0 aliphatic carbocycles. The summed E-state index contributed by atoms with van der Waals surface area (Å²) in [5.74, 6) is -1.41. The van der Waals surface area contributed by atoms with Crippen LogP contribution in [-0.4, -0.2) is 47.7 Å². The summed E-state index contributed by atoms with van der Waals surface area (Å²) in [5, 5.41) is 2.45. The Labute approximate surface area is 271 Å². The molecule has 0 spiro atoms. The first-order valence-corrected chi connectivity index (χ1v) is 15.3. The van der Waals surface area contributed by atoms with Crippen molar-refractivity contribution in [2.24, 2.45) is 5.92 Å². The van der Waals surface area contributed by atoms with Crippen molar-refractivity contribution in [1.82, 2.24) is 14.9 Å². The molecule has 1 amide bonds. The predicted molar refractivity (Wildman–Crippen MR) is 172 cm³/mol. The Hall–Kier alpha value is -4.35. The maximum Gasteiger partial charge on any atom is 0.421 e. The Bertz CT molecular complexity index is 1720. The molecule has 1 fully saturated rings. The highest BCUT2D eigenvalue weighted by molar-refractivity contribution is 6.31. The summed E-state index contributed by atoms with van der Waals surface area (Å²) in [5.41, 5.74) is 2.48. The molecule has 1 N–H and O–H groups in total. The fraction of sp³-hybridized carbons (Fsp3) is 0.324. The molecule has 1 aromatic heterocycles. The van der Waals surface area contributed by atoms with Crippen LogP contribution in [0.2, 0.25) is 5.02 Å². The van der Waals surface area contributed by atoms with E-state index in [1.807, 2.05) is 19.1 Å². The van der Waals surface area contributed by atoms with Gasteiger partial charge in [0.25, 0.3) is 0 Å². The van der Waals surface area contributed by atoms with Crippen LogP contribution in [0.15, 0.2) is 54.7 Å². The summed E-state index contributed by atoms with van der Waals surface area (Å²) < 4.78 is 55.7. The van der Waals surface area contributed by atoms with Crippen LogP contribution in [0.5, 0.6) is 11.5 Å². The lowest BCUT2D eigenvalue weighted by atomic mass is 10.00. The normalized spacial score (nSPS) is 15.0. The molecule has 46 heavy (non-hydrogen) atoms. The number of carbonyl (C=O) groups is 1. The topological polar surface area (TPSA) is 79.8 Å². The molecule has 242 valence electrons. The number of aromatic nitrogens is 2. The number of rotatable bonds is 9. The van der Waals surface area contributed by atoms with E-state index in [2.05, 4.69) is 27.2 Å². The summed E-state index contributed by atoms with van der Waals surface area (Å²) in [6.07, 6.45) is 2.58. The average Bonchev–Trinajstić information content (AvgIpc) is 3.00. The first-order valence-electron chi connectivity index (χ1n) is 14.9. The molecular weight excluding hydrogens is 619 g/mol. The SMILES string of the molecule is Cc1cc(C)c(OC(=O)N(Cc2c(F)ccc(F)c2Cl)c2ccnc(Nc3ccc(OCC4CCCN(C)C4)c(F)c3)n2)c(C)c1. The number of hydrogen-bond donors (Lipinski definition) is 1. The van der Waals surface area contributed by atoms with Gasteiger partial charge < -0.3 is 19.7 Å². The second-order valence-corrected chi connectivity index (χ2v) is 12.0. The highest BCUT2D eigenvalue weighted by Crippen LogP contribution is 2.30. The van der Waals surface area contributed by atoms with Gasteiger partial charge in [-0.1, -0.05) is 29.3 Å². The third kappa shape index (κ3) is 7.89.